The van der Waals surface area contributed by atoms with Gasteiger partial charge in [-0.3, -0.25) is 9.59 Å². The molecule has 11 nitrogen and oxygen atoms in total. The third kappa shape index (κ3) is 10.1. The predicted octanol–water partition coefficient (Wildman–Crippen LogP) is 8.07. The molecule has 3 amide bonds. The van der Waals surface area contributed by atoms with Crippen LogP contribution < -0.4 is 15.5 Å². The van der Waals surface area contributed by atoms with Crippen LogP contribution in [0.3, 0.4) is 0 Å². The number of para-hydroxylation sites is 2. The lowest BCUT2D eigenvalue weighted by Crippen LogP contribution is -2.48. The van der Waals surface area contributed by atoms with Crippen LogP contribution in [-0.2, 0) is 19.1 Å². The van der Waals surface area contributed by atoms with Gasteiger partial charge in [0.25, 0.3) is 11.8 Å². The zero-order valence-corrected chi connectivity index (χ0v) is 33.8. The summed E-state index contributed by atoms with van der Waals surface area (Å²) in [5.41, 5.74) is 4.54. The molecule has 2 heterocycles. The van der Waals surface area contributed by atoms with Crippen LogP contribution in [0.1, 0.15) is 59.6 Å². The summed E-state index contributed by atoms with van der Waals surface area (Å²) in [4.78, 5) is 65.0. The summed E-state index contributed by atoms with van der Waals surface area (Å²) in [5.74, 6) is -1.08. The van der Waals surface area contributed by atoms with Gasteiger partial charge >= 0.3 is 12.1 Å². The van der Waals surface area contributed by atoms with Gasteiger partial charge in [-0.2, -0.15) is 11.8 Å². The van der Waals surface area contributed by atoms with Crippen molar-refractivity contribution < 1.29 is 28.7 Å². The number of benzodiazepines with no additional fused rings is 1. The Balaban J connectivity index is 1.12. The molecule has 1 aliphatic heterocycles. The highest BCUT2D eigenvalue weighted by Crippen LogP contribution is 2.30. The number of carbonyl (C=O) groups excluding carboxylic acids is 4. The van der Waals surface area contributed by atoms with E-state index in [2.05, 4.69) is 15.6 Å². The number of anilines is 1. The molecule has 0 aliphatic carbocycles. The molecule has 0 unspecified atom stereocenters. The van der Waals surface area contributed by atoms with Gasteiger partial charge in [0, 0.05) is 40.1 Å². The maximum Gasteiger partial charge on any atom is 0.408 e. The summed E-state index contributed by atoms with van der Waals surface area (Å²) in [5, 5.41) is 6.47. The topological polar surface area (TPSA) is 142 Å². The van der Waals surface area contributed by atoms with Gasteiger partial charge in [0.15, 0.2) is 6.10 Å². The number of nitrogens with one attached hydrogen (secondary N) is 3. The number of fused-ring (bicyclic) bond motifs is 2. The second kappa shape index (κ2) is 18.3. The van der Waals surface area contributed by atoms with E-state index in [0.717, 1.165) is 33.2 Å². The number of amides is 3. The number of ether oxygens (including phenoxy) is 2. The Labute approximate surface area is 347 Å². The molecule has 1 aliphatic rings. The summed E-state index contributed by atoms with van der Waals surface area (Å²) in [6.07, 6.45) is -2.74. The van der Waals surface area contributed by atoms with Crippen LogP contribution >= 0.6 is 11.8 Å². The Morgan fingerprint density at radius 3 is 2.08 bits per heavy atom. The molecule has 0 bridgehead atoms. The van der Waals surface area contributed by atoms with Gasteiger partial charge < -0.3 is 30.0 Å². The van der Waals surface area contributed by atoms with E-state index < -0.39 is 47.8 Å². The van der Waals surface area contributed by atoms with Crippen LogP contribution in [0, 0.1) is 0 Å². The van der Waals surface area contributed by atoms with Gasteiger partial charge in [0.05, 0.1) is 11.4 Å². The number of alkyl carbamates (subject to hydrolysis) is 1. The van der Waals surface area contributed by atoms with Crippen molar-refractivity contribution in [2.45, 2.75) is 44.7 Å². The standard InChI is InChI=1S/C47H45N5O6S/c1-47(2,3)58-46(56)49-38(45(55)57-41(32-19-9-5-10-20-32)33-21-11-6-12-22-33)30-59-28-27-52-39-26-16-14-24-35(39)40(31-17-7-4-8-18-31)50-42(44(52)54)51-43(53)37-29-34-23-13-15-25-36(34)48-37/h4-26,29,38,41-42,48H,27-28,30H2,1-3H3,(H,49,56)(H,51,53)/t38-,42+/m1/s1. The molecule has 59 heavy (non-hydrogen) atoms. The average Bonchev–Trinajstić information content (AvgIpc) is 3.64. The molecule has 5 aromatic carbocycles. The summed E-state index contributed by atoms with van der Waals surface area (Å²) >= 11 is 1.36. The highest BCUT2D eigenvalue weighted by atomic mass is 32.2. The number of rotatable bonds is 13. The summed E-state index contributed by atoms with van der Waals surface area (Å²) in [7, 11) is 0. The number of H-pyrrole nitrogens is 1. The van der Waals surface area contributed by atoms with Crippen LogP contribution in [0.25, 0.3) is 10.9 Å². The van der Waals surface area contributed by atoms with Crippen molar-refractivity contribution in [1.29, 1.82) is 0 Å². The van der Waals surface area contributed by atoms with Gasteiger partial charge in [-0.15, -0.1) is 0 Å². The summed E-state index contributed by atoms with van der Waals surface area (Å²) < 4.78 is 11.7. The Bertz CT molecular complexity index is 2380. The van der Waals surface area contributed by atoms with E-state index in [0.29, 0.717) is 22.8 Å². The summed E-state index contributed by atoms with van der Waals surface area (Å²) in [6.45, 7) is 5.43. The SMILES string of the molecule is CC(C)(C)OC(=O)N[C@H](CSCCN1C(=O)[C@H](NC(=O)c2cc3ccccc3[nH]2)N=C(c2ccccc2)c2ccccc21)C(=O)OC(c1ccccc1)c1ccccc1. The Hall–Kier alpha value is -6.66. The molecular formula is C47H45N5O6S. The van der Waals surface area contributed by atoms with Gasteiger partial charge in [0.2, 0.25) is 6.17 Å². The molecule has 0 saturated heterocycles. The van der Waals surface area contributed by atoms with E-state index >= 15 is 0 Å². The van der Waals surface area contributed by atoms with Crippen LogP contribution in [-0.4, -0.2) is 70.4 Å². The van der Waals surface area contributed by atoms with Crippen molar-refractivity contribution in [2.75, 3.05) is 23.0 Å². The molecule has 0 spiro atoms. The second-order valence-corrected chi connectivity index (χ2v) is 16.1. The van der Waals surface area contributed by atoms with E-state index in [1.54, 1.807) is 31.7 Å². The highest BCUT2D eigenvalue weighted by molar-refractivity contribution is 7.99. The summed E-state index contributed by atoms with van der Waals surface area (Å²) in [6, 6.07) is 44.0. The second-order valence-electron chi connectivity index (χ2n) is 14.9. The molecule has 0 fully saturated rings. The first-order valence-corrected chi connectivity index (χ1v) is 20.5. The number of benzene rings is 5. The van der Waals surface area contributed by atoms with Crippen LogP contribution in [0.15, 0.2) is 151 Å². The predicted molar refractivity (Wildman–Crippen MR) is 232 cm³/mol. The number of aromatic nitrogens is 1. The monoisotopic (exact) mass is 807 g/mol. The minimum absolute atomic E-state index is 0.115. The smallest absolute Gasteiger partial charge is 0.408 e. The Kier molecular flexibility index (Phi) is 12.6. The first-order valence-electron chi connectivity index (χ1n) is 19.3. The Morgan fingerprint density at radius 1 is 0.814 bits per heavy atom. The highest BCUT2D eigenvalue weighted by Gasteiger charge is 2.34. The molecular weight excluding hydrogens is 763 g/mol. The fourth-order valence-electron chi connectivity index (χ4n) is 6.74. The van der Waals surface area contributed by atoms with Gasteiger partial charge in [0.1, 0.15) is 17.3 Å². The van der Waals surface area contributed by atoms with E-state index in [-0.39, 0.29) is 12.3 Å². The number of hydrogen-bond donors (Lipinski definition) is 3. The molecule has 0 radical (unpaired) electrons. The first-order chi connectivity index (χ1) is 28.5. The lowest BCUT2D eigenvalue weighted by molar-refractivity contribution is -0.149. The van der Waals surface area contributed by atoms with E-state index in [9.17, 15) is 19.2 Å². The van der Waals surface area contributed by atoms with E-state index in [1.165, 1.54) is 11.8 Å². The maximum absolute atomic E-state index is 14.6. The van der Waals surface area contributed by atoms with E-state index in [1.807, 2.05) is 140 Å². The number of thioether (sulfide) groups is 1. The lowest BCUT2D eigenvalue weighted by Gasteiger charge is -2.27. The maximum atomic E-state index is 14.6. The fraction of sp³-hybridized carbons (Fsp3) is 0.213. The zero-order valence-electron chi connectivity index (χ0n) is 33.0. The number of hydrogen-bond acceptors (Lipinski definition) is 8. The molecule has 3 N–H and O–H groups in total. The van der Waals surface area contributed by atoms with Gasteiger partial charge in [-0.1, -0.05) is 127 Å². The normalized spacial score (nSPS) is 14.5. The largest absolute Gasteiger partial charge is 0.451 e. The van der Waals surface area contributed by atoms with Crippen LogP contribution in [0.4, 0.5) is 10.5 Å². The van der Waals surface area contributed by atoms with Crippen molar-refractivity contribution in [3.05, 3.63) is 174 Å². The zero-order chi connectivity index (χ0) is 41.4. The number of carbonyl (C=O) groups is 4. The minimum atomic E-state index is -1.26. The first kappa shape index (κ1) is 40.5. The number of aromatic amines is 1. The van der Waals surface area contributed by atoms with Crippen molar-refractivity contribution in [3.8, 4) is 0 Å². The van der Waals surface area contributed by atoms with E-state index in [4.69, 9.17) is 14.5 Å². The van der Waals surface area contributed by atoms with Crippen molar-refractivity contribution in [2.24, 2.45) is 4.99 Å². The molecule has 12 heteroatoms. The lowest BCUT2D eigenvalue weighted by atomic mass is 10.0. The quantitative estimate of drug-likeness (QED) is 0.0792. The number of nitrogens with zero attached hydrogens (tertiary/aromatic N) is 2. The third-order valence-corrected chi connectivity index (χ3v) is 10.5. The minimum Gasteiger partial charge on any atom is -0.451 e. The molecule has 1 aromatic heterocycles. The molecule has 300 valence electrons. The molecule has 7 rings (SSSR count). The third-order valence-electron chi connectivity index (χ3n) is 9.46. The number of esters is 1. The van der Waals surface area contributed by atoms with Gasteiger partial charge in [-0.05, 0) is 50.1 Å². The van der Waals surface area contributed by atoms with Gasteiger partial charge in [-0.25, -0.2) is 14.6 Å². The Morgan fingerprint density at radius 2 is 1.42 bits per heavy atom. The molecule has 2 atom stereocenters. The fourth-order valence-corrected chi connectivity index (χ4v) is 7.67. The average molecular weight is 808 g/mol. The van der Waals surface area contributed by atoms with Crippen LogP contribution in [0.5, 0.6) is 0 Å². The van der Waals surface area contributed by atoms with Crippen molar-refractivity contribution in [3.63, 3.8) is 0 Å². The molecule has 6 aromatic rings. The van der Waals surface area contributed by atoms with Crippen molar-refractivity contribution in [1.82, 2.24) is 15.6 Å². The van der Waals surface area contributed by atoms with Crippen molar-refractivity contribution >= 4 is 57.9 Å². The van der Waals surface area contributed by atoms with Crippen LogP contribution in [0.2, 0.25) is 0 Å². The number of aliphatic imine (C=N–C) groups is 1. The molecule has 0 saturated carbocycles.